The molecule has 0 saturated heterocycles. The van der Waals surface area contributed by atoms with Crippen molar-refractivity contribution in [3.8, 4) is 0 Å². The second-order valence-electron chi connectivity index (χ2n) is 4.01. The average Bonchev–Trinajstić information content (AvgIpc) is 2.25. The van der Waals surface area contributed by atoms with E-state index in [1.54, 1.807) is 0 Å². The zero-order valence-corrected chi connectivity index (χ0v) is 11.7. The number of aryl methyl sites for hydroxylation is 2. The van der Waals surface area contributed by atoms with Gasteiger partial charge in [0.2, 0.25) is 0 Å². The molecular weight excluding hydrogens is 236 g/mol. The minimum Gasteiger partial charge on any atom is -0.469 e. The SMILES string of the molecule is COC(=O)CC(C)Sc1nc(C)c(C)c(C)n1. The zero-order chi connectivity index (χ0) is 13.0. The molecule has 1 aromatic heterocycles. The maximum absolute atomic E-state index is 11.1. The minimum absolute atomic E-state index is 0.115. The summed E-state index contributed by atoms with van der Waals surface area (Å²) in [6.45, 7) is 7.92. The summed E-state index contributed by atoms with van der Waals surface area (Å²) < 4.78 is 4.63. The normalized spacial score (nSPS) is 12.3. The highest BCUT2D eigenvalue weighted by atomic mass is 32.2. The van der Waals surface area contributed by atoms with Gasteiger partial charge in [-0.1, -0.05) is 18.7 Å². The summed E-state index contributed by atoms with van der Waals surface area (Å²) in [7, 11) is 1.40. The smallest absolute Gasteiger partial charge is 0.306 e. The molecule has 0 fully saturated rings. The van der Waals surface area contributed by atoms with Crippen LogP contribution in [0.2, 0.25) is 0 Å². The lowest BCUT2D eigenvalue weighted by Gasteiger charge is -2.10. The van der Waals surface area contributed by atoms with Gasteiger partial charge in [0.15, 0.2) is 5.16 Å². The summed E-state index contributed by atoms with van der Waals surface area (Å²) in [6, 6.07) is 0. The Hall–Kier alpha value is -1.10. The van der Waals surface area contributed by atoms with Crippen LogP contribution in [0.3, 0.4) is 0 Å². The Labute approximate surface area is 106 Å². The van der Waals surface area contributed by atoms with Gasteiger partial charge in [0.1, 0.15) is 0 Å². The van der Waals surface area contributed by atoms with Crippen molar-refractivity contribution in [1.29, 1.82) is 0 Å². The molecular formula is C12H18N2O2S. The van der Waals surface area contributed by atoms with Gasteiger partial charge < -0.3 is 4.74 Å². The monoisotopic (exact) mass is 254 g/mol. The van der Waals surface area contributed by atoms with E-state index in [0.717, 1.165) is 22.1 Å². The van der Waals surface area contributed by atoms with Crippen molar-refractivity contribution >= 4 is 17.7 Å². The third-order valence-corrected chi connectivity index (χ3v) is 3.56. The van der Waals surface area contributed by atoms with Crippen molar-refractivity contribution in [3.63, 3.8) is 0 Å². The first-order chi connectivity index (χ1) is 7.93. The maximum atomic E-state index is 11.1. The van der Waals surface area contributed by atoms with E-state index in [4.69, 9.17) is 0 Å². The summed E-state index contributed by atoms with van der Waals surface area (Å²) in [5.74, 6) is -0.203. The number of ether oxygens (including phenoxy) is 1. The number of aromatic nitrogens is 2. The predicted molar refractivity (Wildman–Crippen MR) is 68.2 cm³/mol. The highest BCUT2D eigenvalue weighted by Crippen LogP contribution is 2.23. The molecule has 0 aliphatic heterocycles. The van der Waals surface area contributed by atoms with Gasteiger partial charge in [0, 0.05) is 16.6 Å². The van der Waals surface area contributed by atoms with Crippen LogP contribution >= 0.6 is 11.8 Å². The first kappa shape index (κ1) is 14.0. The van der Waals surface area contributed by atoms with Crippen LogP contribution < -0.4 is 0 Å². The van der Waals surface area contributed by atoms with Crippen LogP contribution in [-0.2, 0) is 9.53 Å². The molecule has 0 bridgehead atoms. The fraction of sp³-hybridized carbons (Fsp3) is 0.583. The van der Waals surface area contributed by atoms with Crippen LogP contribution in [-0.4, -0.2) is 28.3 Å². The molecule has 1 heterocycles. The molecule has 0 aliphatic carbocycles. The summed E-state index contributed by atoms with van der Waals surface area (Å²) in [4.78, 5) is 19.9. The average molecular weight is 254 g/mol. The first-order valence-electron chi connectivity index (χ1n) is 5.49. The van der Waals surface area contributed by atoms with E-state index >= 15 is 0 Å². The molecule has 0 aliphatic rings. The number of nitrogens with zero attached hydrogens (tertiary/aromatic N) is 2. The standard InChI is InChI=1S/C12H18N2O2S/c1-7(6-11(15)16-5)17-12-13-9(3)8(2)10(4)14-12/h7H,6H2,1-5H3. The van der Waals surface area contributed by atoms with Gasteiger partial charge in [-0.3, -0.25) is 4.79 Å². The van der Waals surface area contributed by atoms with Crippen molar-refractivity contribution in [3.05, 3.63) is 17.0 Å². The molecule has 4 nitrogen and oxygen atoms in total. The van der Waals surface area contributed by atoms with Gasteiger partial charge in [-0.25, -0.2) is 9.97 Å². The molecule has 1 aromatic rings. The molecule has 0 amide bonds. The highest BCUT2D eigenvalue weighted by Gasteiger charge is 2.13. The number of rotatable bonds is 4. The van der Waals surface area contributed by atoms with Crippen LogP contribution in [0, 0.1) is 20.8 Å². The molecule has 0 radical (unpaired) electrons. The first-order valence-corrected chi connectivity index (χ1v) is 6.37. The fourth-order valence-corrected chi connectivity index (χ4v) is 2.29. The van der Waals surface area contributed by atoms with E-state index in [9.17, 15) is 4.79 Å². The summed E-state index contributed by atoms with van der Waals surface area (Å²) in [5.41, 5.74) is 3.10. The van der Waals surface area contributed by atoms with E-state index < -0.39 is 0 Å². The van der Waals surface area contributed by atoms with E-state index in [0.29, 0.717) is 6.42 Å². The number of hydrogen-bond acceptors (Lipinski definition) is 5. The Bertz CT molecular complexity index is 398. The number of esters is 1. The predicted octanol–water partition coefficient (Wildman–Crippen LogP) is 2.45. The second kappa shape index (κ2) is 6.00. The molecule has 0 aromatic carbocycles. The maximum Gasteiger partial charge on any atom is 0.306 e. The molecule has 1 atom stereocenters. The van der Waals surface area contributed by atoms with Crippen LogP contribution in [0.25, 0.3) is 0 Å². The number of carbonyl (C=O) groups is 1. The Morgan fingerprint density at radius 1 is 1.29 bits per heavy atom. The molecule has 1 unspecified atom stereocenters. The summed E-state index contributed by atoms with van der Waals surface area (Å²) in [5, 5.41) is 0.839. The van der Waals surface area contributed by atoms with Crippen LogP contribution in [0.4, 0.5) is 0 Å². The number of hydrogen-bond donors (Lipinski definition) is 0. The summed E-state index contributed by atoms with van der Waals surface area (Å²) in [6.07, 6.45) is 0.372. The third-order valence-electron chi connectivity index (χ3n) is 2.60. The summed E-state index contributed by atoms with van der Waals surface area (Å²) >= 11 is 1.50. The van der Waals surface area contributed by atoms with Crippen molar-refractivity contribution in [2.75, 3.05) is 7.11 Å². The van der Waals surface area contributed by atoms with Crippen molar-refractivity contribution in [2.24, 2.45) is 0 Å². The largest absolute Gasteiger partial charge is 0.469 e. The fourth-order valence-electron chi connectivity index (χ4n) is 1.33. The van der Waals surface area contributed by atoms with Gasteiger partial charge in [-0.15, -0.1) is 0 Å². The number of methoxy groups -OCH3 is 1. The van der Waals surface area contributed by atoms with Crippen LogP contribution in [0.15, 0.2) is 5.16 Å². The Balaban J connectivity index is 2.72. The molecule has 1 rings (SSSR count). The van der Waals surface area contributed by atoms with Crippen molar-refractivity contribution in [2.45, 2.75) is 44.5 Å². The Morgan fingerprint density at radius 3 is 2.29 bits per heavy atom. The van der Waals surface area contributed by atoms with E-state index in [2.05, 4.69) is 14.7 Å². The van der Waals surface area contributed by atoms with E-state index in [1.165, 1.54) is 18.9 Å². The van der Waals surface area contributed by atoms with Crippen molar-refractivity contribution < 1.29 is 9.53 Å². The molecule has 17 heavy (non-hydrogen) atoms. The zero-order valence-electron chi connectivity index (χ0n) is 10.9. The van der Waals surface area contributed by atoms with Gasteiger partial charge >= 0.3 is 5.97 Å². The number of carbonyl (C=O) groups excluding carboxylic acids is 1. The lowest BCUT2D eigenvalue weighted by atomic mass is 10.2. The van der Waals surface area contributed by atoms with Gasteiger partial charge in [0.25, 0.3) is 0 Å². The lowest BCUT2D eigenvalue weighted by Crippen LogP contribution is -2.09. The molecule has 94 valence electrons. The second-order valence-corrected chi connectivity index (χ2v) is 5.42. The Morgan fingerprint density at radius 2 is 1.82 bits per heavy atom. The van der Waals surface area contributed by atoms with E-state index in [-0.39, 0.29) is 11.2 Å². The number of thioether (sulfide) groups is 1. The minimum atomic E-state index is -0.203. The molecule has 0 N–H and O–H groups in total. The Kier molecular flexibility index (Phi) is 4.93. The molecule has 0 saturated carbocycles. The lowest BCUT2D eigenvalue weighted by molar-refractivity contribution is -0.140. The highest BCUT2D eigenvalue weighted by molar-refractivity contribution is 7.99. The topological polar surface area (TPSA) is 52.1 Å². The molecule has 5 heteroatoms. The van der Waals surface area contributed by atoms with Crippen LogP contribution in [0.5, 0.6) is 0 Å². The van der Waals surface area contributed by atoms with Gasteiger partial charge in [0.05, 0.1) is 13.5 Å². The molecule has 0 spiro atoms. The third kappa shape index (κ3) is 4.00. The van der Waals surface area contributed by atoms with Gasteiger partial charge in [-0.05, 0) is 26.3 Å². The van der Waals surface area contributed by atoms with E-state index in [1.807, 2.05) is 27.7 Å². The van der Waals surface area contributed by atoms with Crippen LogP contribution in [0.1, 0.15) is 30.3 Å². The quantitative estimate of drug-likeness (QED) is 0.469. The van der Waals surface area contributed by atoms with Crippen molar-refractivity contribution in [1.82, 2.24) is 9.97 Å². The van der Waals surface area contributed by atoms with Gasteiger partial charge in [-0.2, -0.15) is 0 Å².